The van der Waals surface area contributed by atoms with E-state index in [2.05, 4.69) is 24.0 Å². The molecule has 0 saturated heterocycles. The lowest BCUT2D eigenvalue weighted by Crippen LogP contribution is -2.32. The molecule has 0 bridgehead atoms. The number of ether oxygens (including phenoxy) is 1. The first-order valence-corrected chi connectivity index (χ1v) is 8.41. The van der Waals surface area contributed by atoms with E-state index < -0.39 is 6.10 Å². The Morgan fingerprint density at radius 3 is 2.78 bits per heavy atom. The molecule has 0 fully saturated rings. The molecule has 4 nitrogen and oxygen atoms in total. The highest BCUT2D eigenvalue weighted by atomic mass is 32.1. The summed E-state index contributed by atoms with van der Waals surface area (Å²) in [6.07, 6.45) is -0.581. The van der Waals surface area contributed by atoms with E-state index in [-0.39, 0.29) is 12.4 Å². The second-order valence-electron chi connectivity index (χ2n) is 5.76. The number of Topliss-reactive ketones (excluding diaryl/α,β-unsaturated/α-hetero) is 1. The largest absolute Gasteiger partial charge is 0.491 e. The fourth-order valence-corrected chi connectivity index (χ4v) is 3.28. The first kappa shape index (κ1) is 17.7. The SMILES string of the molecule is CC(=O)c1cccc(OCC(O)CN(C)Cc2ccc(C)s2)c1. The number of likely N-dealkylation sites (N-methyl/N-ethyl adjacent to an activating group) is 1. The van der Waals surface area contributed by atoms with Crippen molar-refractivity contribution in [3.63, 3.8) is 0 Å². The Kier molecular flexibility index (Phi) is 6.33. The van der Waals surface area contributed by atoms with E-state index in [1.807, 2.05) is 7.05 Å². The van der Waals surface area contributed by atoms with Gasteiger partial charge in [0.25, 0.3) is 0 Å². The number of benzene rings is 1. The summed E-state index contributed by atoms with van der Waals surface area (Å²) >= 11 is 1.77. The van der Waals surface area contributed by atoms with Crippen LogP contribution in [0.3, 0.4) is 0 Å². The second kappa shape index (κ2) is 8.24. The number of carbonyl (C=O) groups is 1. The number of aryl methyl sites for hydroxylation is 1. The number of ketones is 1. The third kappa shape index (κ3) is 5.78. The summed E-state index contributed by atoms with van der Waals surface area (Å²) in [6.45, 7) is 5.16. The van der Waals surface area contributed by atoms with E-state index in [0.717, 1.165) is 6.54 Å². The molecule has 1 N–H and O–H groups in total. The van der Waals surface area contributed by atoms with Gasteiger partial charge in [-0.1, -0.05) is 12.1 Å². The molecule has 0 saturated carbocycles. The second-order valence-corrected chi connectivity index (χ2v) is 7.13. The summed E-state index contributed by atoms with van der Waals surface area (Å²) in [4.78, 5) is 16.0. The molecule has 0 aliphatic heterocycles. The van der Waals surface area contributed by atoms with Crippen LogP contribution in [0.1, 0.15) is 27.0 Å². The Balaban J connectivity index is 1.79. The van der Waals surface area contributed by atoms with Crippen molar-refractivity contribution in [1.82, 2.24) is 4.90 Å². The van der Waals surface area contributed by atoms with Gasteiger partial charge in [0, 0.05) is 28.4 Å². The van der Waals surface area contributed by atoms with Gasteiger partial charge in [0.1, 0.15) is 18.5 Å². The van der Waals surface area contributed by atoms with Gasteiger partial charge in [-0.2, -0.15) is 0 Å². The first-order valence-electron chi connectivity index (χ1n) is 7.60. The van der Waals surface area contributed by atoms with Crippen LogP contribution in [0.15, 0.2) is 36.4 Å². The van der Waals surface area contributed by atoms with E-state index in [1.54, 1.807) is 35.6 Å². The van der Waals surface area contributed by atoms with Gasteiger partial charge in [-0.05, 0) is 45.2 Å². The van der Waals surface area contributed by atoms with E-state index in [0.29, 0.717) is 17.9 Å². The van der Waals surface area contributed by atoms with Crippen molar-refractivity contribution in [2.24, 2.45) is 0 Å². The van der Waals surface area contributed by atoms with E-state index in [1.165, 1.54) is 16.7 Å². The smallest absolute Gasteiger partial charge is 0.159 e. The summed E-state index contributed by atoms with van der Waals surface area (Å²) in [5.74, 6) is 0.607. The molecule has 0 amide bonds. The van der Waals surface area contributed by atoms with Crippen molar-refractivity contribution in [1.29, 1.82) is 0 Å². The number of thiophene rings is 1. The van der Waals surface area contributed by atoms with Crippen LogP contribution in [0, 0.1) is 6.92 Å². The molecule has 1 atom stereocenters. The number of rotatable bonds is 8. The van der Waals surface area contributed by atoms with Crippen LogP contribution in [-0.4, -0.2) is 42.1 Å². The van der Waals surface area contributed by atoms with Crippen molar-refractivity contribution in [3.05, 3.63) is 51.7 Å². The summed E-state index contributed by atoms with van der Waals surface area (Å²) in [7, 11) is 1.98. The number of aliphatic hydroxyl groups excluding tert-OH is 1. The summed E-state index contributed by atoms with van der Waals surface area (Å²) < 4.78 is 5.59. The maximum atomic E-state index is 11.3. The highest BCUT2D eigenvalue weighted by molar-refractivity contribution is 7.11. The molecule has 0 aliphatic rings. The minimum absolute atomic E-state index is 0.00183. The highest BCUT2D eigenvalue weighted by Gasteiger charge is 2.11. The molecule has 2 aromatic rings. The topological polar surface area (TPSA) is 49.8 Å². The predicted octanol–water partition coefficient (Wildman–Crippen LogP) is 3.13. The van der Waals surface area contributed by atoms with E-state index >= 15 is 0 Å². The fraction of sp³-hybridized carbons (Fsp3) is 0.389. The first-order chi connectivity index (χ1) is 10.9. The van der Waals surface area contributed by atoms with Crippen molar-refractivity contribution in [2.75, 3.05) is 20.2 Å². The van der Waals surface area contributed by atoms with Crippen molar-refractivity contribution >= 4 is 17.1 Å². The zero-order valence-electron chi connectivity index (χ0n) is 13.8. The summed E-state index contributed by atoms with van der Waals surface area (Å²) in [5, 5.41) is 10.1. The Morgan fingerprint density at radius 1 is 1.35 bits per heavy atom. The minimum Gasteiger partial charge on any atom is -0.491 e. The standard InChI is InChI=1S/C18H23NO3S/c1-13-7-8-18(23-13)11-19(3)10-16(21)12-22-17-6-4-5-15(9-17)14(2)20/h4-9,16,21H,10-12H2,1-3H3. The van der Waals surface area contributed by atoms with Crippen molar-refractivity contribution < 1.29 is 14.6 Å². The molecular formula is C18H23NO3S. The maximum absolute atomic E-state index is 11.3. The zero-order valence-corrected chi connectivity index (χ0v) is 14.6. The average molecular weight is 333 g/mol. The molecule has 0 spiro atoms. The van der Waals surface area contributed by atoms with Gasteiger partial charge in [0.15, 0.2) is 5.78 Å². The monoisotopic (exact) mass is 333 g/mol. The number of aliphatic hydroxyl groups is 1. The van der Waals surface area contributed by atoms with Crippen LogP contribution in [0.4, 0.5) is 0 Å². The minimum atomic E-state index is -0.581. The molecule has 1 heterocycles. The van der Waals surface area contributed by atoms with Gasteiger partial charge in [0.2, 0.25) is 0 Å². The van der Waals surface area contributed by atoms with Gasteiger partial charge in [-0.15, -0.1) is 11.3 Å². The van der Waals surface area contributed by atoms with Crippen LogP contribution in [0.2, 0.25) is 0 Å². The van der Waals surface area contributed by atoms with Crippen LogP contribution in [0.5, 0.6) is 5.75 Å². The molecule has 0 aliphatic carbocycles. The zero-order chi connectivity index (χ0) is 16.8. The van der Waals surface area contributed by atoms with Gasteiger partial charge in [-0.25, -0.2) is 0 Å². The van der Waals surface area contributed by atoms with Crippen LogP contribution >= 0.6 is 11.3 Å². The van der Waals surface area contributed by atoms with Crippen molar-refractivity contribution in [2.45, 2.75) is 26.5 Å². The third-order valence-electron chi connectivity index (χ3n) is 3.43. The molecule has 124 valence electrons. The number of carbonyl (C=O) groups excluding carboxylic acids is 1. The molecule has 0 radical (unpaired) electrons. The Morgan fingerprint density at radius 2 is 2.13 bits per heavy atom. The highest BCUT2D eigenvalue weighted by Crippen LogP contribution is 2.17. The number of nitrogens with zero attached hydrogens (tertiary/aromatic N) is 1. The molecule has 1 aromatic heterocycles. The Labute approximate surface area is 141 Å². The van der Waals surface area contributed by atoms with E-state index in [4.69, 9.17) is 4.74 Å². The lowest BCUT2D eigenvalue weighted by atomic mass is 10.1. The average Bonchev–Trinajstić information content (AvgIpc) is 2.90. The number of hydrogen-bond acceptors (Lipinski definition) is 5. The Hall–Kier alpha value is -1.69. The van der Waals surface area contributed by atoms with Gasteiger partial charge in [-0.3, -0.25) is 9.69 Å². The molecular weight excluding hydrogens is 310 g/mol. The van der Waals surface area contributed by atoms with Crippen LogP contribution < -0.4 is 4.74 Å². The maximum Gasteiger partial charge on any atom is 0.159 e. The summed E-state index contributed by atoms with van der Waals surface area (Å²) in [6, 6.07) is 11.2. The van der Waals surface area contributed by atoms with Crippen LogP contribution in [-0.2, 0) is 6.54 Å². The quantitative estimate of drug-likeness (QED) is 0.754. The van der Waals surface area contributed by atoms with Crippen molar-refractivity contribution in [3.8, 4) is 5.75 Å². The van der Waals surface area contributed by atoms with Gasteiger partial charge >= 0.3 is 0 Å². The van der Waals surface area contributed by atoms with E-state index in [9.17, 15) is 9.90 Å². The Bertz CT molecular complexity index is 653. The molecule has 5 heteroatoms. The molecule has 1 aromatic carbocycles. The third-order valence-corrected chi connectivity index (χ3v) is 4.41. The summed E-state index contributed by atoms with van der Waals surface area (Å²) in [5.41, 5.74) is 0.613. The molecule has 2 rings (SSSR count). The lowest BCUT2D eigenvalue weighted by molar-refractivity contribution is 0.0746. The van der Waals surface area contributed by atoms with Crippen LogP contribution in [0.25, 0.3) is 0 Å². The number of hydrogen-bond donors (Lipinski definition) is 1. The van der Waals surface area contributed by atoms with Gasteiger partial charge < -0.3 is 9.84 Å². The van der Waals surface area contributed by atoms with Gasteiger partial charge in [0.05, 0.1) is 0 Å². The molecule has 1 unspecified atom stereocenters. The normalized spacial score (nSPS) is 12.4. The predicted molar refractivity (Wildman–Crippen MR) is 93.3 cm³/mol. The lowest BCUT2D eigenvalue weighted by Gasteiger charge is -2.20. The molecule has 23 heavy (non-hydrogen) atoms. The fourth-order valence-electron chi connectivity index (χ4n) is 2.31.